The number of fused-ring (bicyclic) bond motifs is 1. The van der Waals surface area contributed by atoms with Crippen molar-refractivity contribution in [3.8, 4) is 0 Å². The molecule has 0 aliphatic carbocycles. The number of anilines is 1. The number of rotatable bonds is 4. The summed E-state index contributed by atoms with van der Waals surface area (Å²) in [5.74, 6) is -0.545. The lowest BCUT2D eigenvalue weighted by Crippen LogP contribution is -2.20. The maximum Gasteiger partial charge on any atom is 0.308 e. The first-order valence-corrected chi connectivity index (χ1v) is 6.49. The van der Waals surface area contributed by atoms with Crippen molar-refractivity contribution in [3.05, 3.63) is 16.8 Å². The van der Waals surface area contributed by atoms with Crippen LogP contribution in [0.25, 0.3) is 10.2 Å². The van der Waals surface area contributed by atoms with Crippen molar-refractivity contribution >= 4 is 33.3 Å². The summed E-state index contributed by atoms with van der Waals surface area (Å²) in [4.78, 5) is 21.4. The molecule has 0 radical (unpaired) electrons. The molecular formula is C12H15N3O2S. The van der Waals surface area contributed by atoms with Crippen molar-refractivity contribution < 1.29 is 9.90 Å². The van der Waals surface area contributed by atoms with Crippen LogP contribution in [0, 0.1) is 19.8 Å². The molecule has 0 saturated heterocycles. The molecule has 2 aromatic heterocycles. The lowest BCUT2D eigenvalue weighted by atomic mass is 10.1. The predicted octanol–water partition coefficient (Wildman–Crippen LogP) is 2.44. The van der Waals surface area contributed by atoms with E-state index in [1.54, 1.807) is 18.3 Å². The number of thiophene rings is 1. The molecule has 96 valence electrons. The van der Waals surface area contributed by atoms with Gasteiger partial charge in [0.1, 0.15) is 17.0 Å². The Morgan fingerprint density at radius 1 is 1.50 bits per heavy atom. The molecule has 2 heterocycles. The molecule has 0 spiro atoms. The van der Waals surface area contributed by atoms with Crippen LogP contribution < -0.4 is 5.32 Å². The van der Waals surface area contributed by atoms with Crippen LogP contribution in [0.3, 0.4) is 0 Å². The van der Waals surface area contributed by atoms with Gasteiger partial charge in [-0.1, -0.05) is 6.92 Å². The van der Waals surface area contributed by atoms with Crippen molar-refractivity contribution in [1.82, 2.24) is 9.97 Å². The smallest absolute Gasteiger partial charge is 0.308 e. The van der Waals surface area contributed by atoms with E-state index in [9.17, 15) is 4.79 Å². The zero-order valence-electron chi connectivity index (χ0n) is 10.5. The number of carboxylic acid groups (broad SMARTS) is 1. The van der Waals surface area contributed by atoms with Crippen LogP contribution in [-0.4, -0.2) is 27.6 Å². The van der Waals surface area contributed by atoms with E-state index >= 15 is 0 Å². The second-order valence-corrected chi connectivity index (χ2v) is 5.51. The van der Waals surface area contributed by atoms with Gasteiger partial charge < -0.3 is 10.4 Å². The number of carbonyl (C=O) groups is 1. The topological polar surface area (TPSA) is 75.1 Å². The average Bonchev–Trinajstić information content (AvgIpc) is 2.62. The van der Waals surface area contributed by atoms with Gasteiger partial charge in [0.05, 0.1) is 11.3 Å². The highest BCUT2D eigenvalue weighted by Crippen LogP contribution is 2.32. The SMILES string of the molecule is Cc1sc2ncnc(NCC(C)C(=O)O)c2c1C. The predicted molar refractivity (Wildman–Crippen MR) is 72.2 cm³/mol. The van der Waals surface area contributed by atoms with Crippen molar-refractivity contribution in [1.29, 1.82) is 0 Å². The lowest BCUT2D eigenvalue weighted by molar-refractivity contribution is -0.140. The first kappa shape index (κ1) is 12.8. The van der Waals surface area contributed by atoms with Gasteiger partial charge in [0.25, 0.3) is 0 Å². The molecule has 0 aliphatic heterocycles. The van der Waals surface area contributed by atoms with Gasteiger partial charge in [-0.05, 0) is 19.4 Å². The Morgan fingerprint density at radius 3 is 2.89 bits per heavy atom. The number of hydrogen-bond donors (Lipinski definition) is 2. The number of aryl methyl sites for hydroxylation is 2. The Hall–Kier alpha value is -1.69. The minimum atomic E-state index is -0.814. The molecule has 1 atom stereocenters. The van der Waals surface area contributed by atoms with Gasteiger partial charge in [-0.2, -0.15) is 0 Å². The molecule has 0 aliphatic rings. The summed E-state index contributed by atoms with van der Waals surface area (Å²) in [6, 6.07) is 0. The third-order valence-corrected chi connectivity index (χ3v) is 4.08. The maximum absolute atomic E-state index is 10.8. The number of carboxylic acids is 1. The van der Waals surface area contributed by atoms with Gasteiger partial charge in [-0.25, -0.2) is 9.97 Å². The molecule has 0 amide bonds. The maximum atomic E-state index is 10.8. The number of nitrogens with zero attached hydrogens (tertiary/aromatic N) is 2. The van der Waals surface area contributed by atoms with E-state index in [4.69, 9.17) is 5.11 Å². The Balaban J connectivity index is 2.31. The third-order valence-electron chi connectivity index (χ3n) is 2.96. The van der Waals surface area contributed by atoms with E-state index in [1.165, 1.54) is 11.2 Å². The van der Waals surface area contributed by atoms with Gasteiger partial charge in [0.2, 0.25) is 0 Å². The van der Waals surface area contributed by atoms with Crippen LogP contribution >= 0.6 is 11.3 Å². The molecule has 2 aromatic rings. The van der Waals surface area contributed by atoms with Crippen molar-refractivity contribution in [2.45, 2.75) is 20.8 Å². The van der Waals surface area contributed by atoms with E-state index in [1.807, 2.05) is 13.8 Å². The minimum absolute atomic E-state index is 0.357. The number of nitrogens with one attached hydrogen (secondary N) is 1. The molecular weight excluding hydrogens is 250 g/mol. The van der Waals surface area contributed by atoms with Gasteiger partial charge in [-0.15, -0.1) is 11.3 Å². The van der Waals surface area contributed by atoms with Crippen LogP contribution in [-0.2, 0) is 4.79 Å². The van der Waals surface area contributed by atoms with Crippen molar-refractivity contribution in [2.75, 3.05) is 11.9 Å². The minimum Gasteiger partial charge on any atom is -0.481 e. The van der Waals surface area contributed by atoms with Crippen LogP contribution in [0.5, 0.6) is 0 Å². The van der Waals surface area contributed by atoms with Gasteiger partial charge in [-0.3, -0.25) is 4.79 Å². The van der Waals surface area contributed by atoms with E-state index in [-0.39, 0.29) is 0 Å². The molecule has 0 fully saturated rings. The molecule has 5 nitrogen and oxygen atoms in total. The average molecular weight is 265 g/mol. The molecule has 0 aromatic carbocycles. The second kappa shape index (κ2) is 4.89. The largest absolute Gasteiger partial charge is 0.481 e. The summed E-state index contributed by atoms with van der Waals surface area (Å²) in [5, 5.41) is 13.0. The third kappa shape index (κ3) is 2.28. The highest BCUT2D eigenvalue weighted by Gasteiger charge is 2.14. The summed E-state index contributed by atoms with van der Waals surface area (Å²) in [6.07, 6.45) is 1.51. The Kier molecular flexibility index (Phi) is 3.47. The van der Waals surface area contributed by atoms with Gasteiger partial charge in [0.15, 0.2) is 0 Å². The highest BCUT2D eigenvalue weighted by atomic mass is 32.1. The Morgan fingerprint density at radius 2 is 2.22 bits per heavy atom. The molecule has 0 bridgehead atoms. The quantitative estimate of drug-likeness (QED) is 0.888. The van der Waals surface area contributed by atoms with Gasteiger partial charge >= 0.3 is 5.97 Å². The Bertz CT molecular complexity index is 594. The molecule has 1 unspecified atom stereocenters. The fraction of sp³-hybridized carbons (Fsp3) is 0.417. The van der Waals surface area contributed by atoms with E-state index in [0.717, 1.165) is 21.6 Å². The standard InChI is InChI=1S/C12H15N3O2S/c1-6(12(16)17)4-13-10-9-7(2)8(3)18-11(9)15-5-14-10/h5-6H,4H2,1-3H3,(H,16,17)(H,13,14,15). The Labute approximate surface area is 109 Å². The van der Waals surface area contributed by atoms with Crippen LogP contribution in [0.15, 0.2) is 6.33 Å². The van der Waals surface area contributed by atoms with E-state index in [2.05, 4.69) is 15.3 Å². The van der Waals surface area contributed by atoms with Crippen LogP contribution in [0.2, 0.25) is 0 Å². The van der Waals surface area contributed by atoms with Crippen LogP contribution in [0.4, 0.5) is 5.82 Å². The van der Waals surface area contributed by atoms with Crippen LogP contribution in [0.1, 0.15) is 17.4 Å². The summed E-state index contributed by atoms with van der Waals surface area (Å²) < 4.78 is 0. The fourth-order valence-electron chi connectivity index (χ4n) is 1.65. The van der Waals surface area contributed by atoms with E-state index < -0.39 is 11.9 Å². The molecule has 0 saturated carbocycles. The normalized spacial score (nSPS) is 12.6. The number of aromatic nitrogens is 2. The fourth-order valence-corrected chi connectivity index (χ4v) is 2.65. The highest BCUT2D eigenvalue weighted by molar-refractivity contribution is 7.18. The van der Waals surface area contributed by atoms with E-state index in [0.29, 0.717) is 6.54 Å². The first-order valence-electron chi connectivity index (χ1n) is 5.68. The van der Waals surface area contributed by atoms with Gasteiger partial charge in [0, 0.05) is 11.4 Å². The first-order chi connectivity index (χ1) is 8.50. The number of hydrogen-bond acceptors (Lipinski definition) is 5. The molecule has 2 rings (SSSR count). The second-order valence-electron chi connectivity index (χ2n) is 4.31. The van der Waals surface area contributed by atoms with Crippen molar-refractivity contribution in [2.24, 2.45) is 5.92 Å². The molecule has 6 heteroatoms. The summed E-state index contributed by atoms with van der Waals surface area (Å²) in [5.41, 5.74) is 1.15. The van der Waals surface area contributed by atoms with Crippen molar-refractivity contribution in [3.63, 3.8) is 0 Å². The molecule has 18 heavy (non-hydrogen) atoms. The summed E-state index contributed by atoms with van der Waals surface area (Å²) >= 11 is 1.63. The zero-order chi connectivity index (χ0) is 13.3. The zero-order valence-corrected chi connectivity index (χ0v) is 11.3. The summed E-state index contributed by atoms with van der Waals surface area (Å²) in [7, 11) is 0. The molecule has 2 N–H and O–H groups in total. The number of aliphatic carboxylic acids is 1. The summed E-state index contributed by atoms with van der Waals surface area (Å²) in [6.45, 7) is 6.10. The monoisotopic (exact) mass is 265 g/mol. The lowest BCUT2D eigenvalue weighted by Gasteiger charge is -2.09.